The van der Waals surface area contributed by atoms with Crippen LogP contribution in [0.3, 0.4) is 0 Å². The summed E-state index contributed by atoms with van der Waals surface area (Å²) < 4.78 is 46.6. The number of nitrogens with zero attached hydrogens (tertiary/aromatic N) is 4. The third-order valence-electron chi connectivity index (χ3n) is 5.23. The monoisotopic (exact) mass is 466 g/mol. The van der Waals surface area contributed by atoms with E-state index in [9.17, 15) is 22.8 Å². The molecule has 1 amide bonds. The van der Waals surface area contributed by atoms with Crippen molar-refractivity contribution in [3.05, 3.63) is 57.1 Å². The van der Waals surface area contributed by atoms with Crippen molar-refractivity contribution in [3.63, 3.8) is 0 Å². The van der Waals surface area contributed by atoms with Gasteiger partial charge in [0, 0.05) is 12.6 Å². The van der Waals surface area contributed by atoms with Crippen molar-refractivity contribution in [3.8, 4) is 0 Å². The molecule has 11 heteroatoms. The van der Waals surface area contributed by atoms with Gasteiger partial charge in [0.2, 0.25) is 5.82 Å². The number of hydrogen-bond donors (Lipinski definition) is 0. The number of alkyl halides is 3. The van der Waals surface area contributed by atoms with Gasteiger partial charge in [-0.1, -0.05) is 41.7 Å². The topological polar surface area (TPSA) is 77.3 Å². The molecule has 3 aromatic rings. The Morgan fingerprint density at radius 2 is 1.97 bits per heavy atom. The maximum absolute atomic E-state index is 13.5. The van der Waals surface area contributed by atoms with Crippen LogP contribution in [0.5, 0.6) is 0 Å². The number of rotatable bonds is 4. The first-order valence-corrected chi connectivity index (χ1v) is 11.0. The van der Waals surface area contributed by atoms with E-state index in [1.165, 1.54) is 18.7 Å². The van der Waals surface area contributed by atoms with E-state index in [0.717, 1.165) is 16.9 Å². The lowest BCUT2D eigenvalue weighted by atomic mass is 10.2. The predicted octanol–water partition coefficient (Wildman–Crippen LogP) is 4.93. The Morgan fingerprint density at radius 3 is 2.62 bits per heavy atom. The Labute approximate surface area is 185 Å². The first-order valence-electron chi connectivity index (χ1n) is 10.1. The van der Waals surface area contributed by atoms with Gasteiger partial charge in [0.15, 0.2) is 10.3 Å². The number of thiazole rings is 1. The maximum Gasteiger partial charge on any atom is 0.449 e. The van der Waals surface area contributed by atoms with Crippen molar-refractivity contribution in [1.29, 1.82) is 0 Å². The highest BCUT2D eigenvalue weighted by atomic mass is 32.1. The van der Waals surface area contributed by atoms with Crippen molar-refractivity contribution in [2.24, 2.45) is 0 Å². The molecule has 0 saturated carbocycles. The molecule has 0 unspecified atom stereocenters. The molecule has 3 heterocycles. The minimum absolute atomic E-state index is 0.0845. The normalized spacial score (nSPS) is 16.8. The van der Waals surface area contributed by atoms with Crippen molar-refractivity contribution in [2.45, 2.75) is 51.6 Å². The Hall–Kier alpha value is -2.95. The number of amides is 1. The molecule has 0 N–H and O–H groups in total. The second-order valence-corrected chi connectivity index (χ2v) is 8.81. The second-order valence-electron chi connectivity index (χ2n) is 7.80. The van der Waals surface area contributed by atoms with E-state index < -0.39 is 35.7 Å². The van der Waals surface area contributed by atoms with Crippen molar-refractivity contribution >= 4 is 27.8 Å². The van der Waals surface area contributed by atoms with E-state index in [0.29, 0.717) is 29.0 Å². The fraction of sp³-hybridized carbons (Fsp3) is 0.429. The van der Waals surface area contributed by atoms with Gasteiger partial charge in [0.05, 0.1) is 6.04 Å². The number of aromatic nitrogens is 3. The highest BCUT2D eigenvalue weighted by molar-refractivity contribution is 7.18. The SMILES string of the molecule is CC(C)n1c(C(F)(F)F)nc2sc([C@H]3CCCN3C(=O)OCc3ccccc3)nc2c1=O. The molecule has 1 saturated heterocycles. The van der Waals surface area contributed by atoms with Crippen LogP contribution < -0.4 is 5.56 Å². The van der Waals surface area contributed by atoms with E-state index in [1.807, 2.05) is 30.3 Å². The molecule has 1 atom stereocenters. The molecule has 7 nitrogen and oxygen atoms in total. The summed E-state index contributed by atoms with van der Waals surface area (Å²) in [5.74, 6) is -1.24. The standard InChI is InChI=1S/C21H21F3N4O3S/c1-12(2)28-18(29)15-17(26-19(28)21(22,23)24)32-16(25-15)14-9-6-10-27(14)20(30)31-11-13-7-4-3-5-8-13/h3-5,7-8,12,14H,6,9-11H2,1-2H3/t14-/m1/s1. The number of fused-ring (bicyclic) bond motifs is 1. The lowest BCUT2D eigenvalue weighted by Gasteiger charge is -2.22. The first-order chi connectivity index (χ1) is 15.2. The zero-order valence-corrected chi connectivity index (χ0v) is 18.2. The molecule has 32 heavy (non-hydrogen) atoms. The second kappa shape index (κ2) is 8.53. The van der Waals surface area contributed by atoms with E-state index in [-0.39, 0.29) is 17.0 Å². The summed E-state index contributed by atoms with van der Waals surface area (Å²) in [6, 6.07) is 8.01. The molecule has 1 fully saturated rings. The molecule has 0 spiro atoms. The average Bonchev–Trinajstić information content (AvgIpc) is 3.38. The number of halogens is 3. The van der Waals surface area contributed by atoms with E-state index in [1.54, 1.807) is 0 Å². The molecule has 170 valence electrons. The molecule has 4 rings (SSSR count). The third-order valence-corrected chi connectivity index (χ3v) is 6.28. The van der Waals surface area contributed by atoms with Crippen LogP contribution in [0, 0.1) is 0 Å². The van der Waals surface area contributed by atoms with Crippen molar-refractivity contribution < 1.29 is 22.7 Å². The van der Waals surface area contributed by atoms with Gasteiger partial charge in [0.1, 0.15) is 11.6 Å². The zero-order valence-electron chi connectivity index (χ0n) is 17.4. The maximum atomic E-state index is 13.5. The third kappa shape index (κ3) is 4.21. The number of likely N-dealkylation sites (tertiary alicyclic amines) is 1. The first kappa shape index (κ1) is 22.3. The minimum atomic E-state index is -4.78. The van der Waals surface area contributed by atoms with E-state index in [2.05, 4.69) is 9.97 Å². The summed E-state index contributed by atoms with van der Waals surface area (Å²) >= 11 is 0.910. The Balaban J connectivity index is 1.64. The summed E-state index contributed by atoms with van der Waals surface area (Å²) in [6.07, 6.45) is -4.04. The van der Waals surface area contributed by atoms with Crippen LogP contribution in [0.15, 0.2) is 35.1 Å². The van der Waals surface area contributed by atoms with Crippen LogP contribution in [-0.2, 0) is 17.5 Å². The summed E-state index contributed by atoms with van der Waals surface area (Å²) in [4.78, 5) is 34.9. The Bertz CT molecular complexity index is 1190. The fourth-order valence-electron chi connectivity index (χ4n) is 3.77. The highest BCUT2D eigenvalue weighted by Gasteiger charge is 2.39. The zero-order chi connectivity index (χ0) is 23.0. The fourth-order valence-corrected chi connectivity index (χ4v) is 4.85. The summed E-state index contributed by atoms with van der Waals surface area (Å²) in [5.41, 5.74) is -0.109. The van der Waals surface area contributed by atoms with Gasteiger partial charge in [-0.15, -0.1) is 0 Å². The molecule has 0 bridgehead atoms. The van der Waals surface area contributed by atoms with Crippen molar-refractivity contribution in [1.82, 2.24) is 19.4 Å². The lowest BCUT2D eigenvalue weighted by Crippen LogP contribution is -2.31. The van der Waals surface area contributed by atoms with Gasteiger partial charge < -0.3 is 4.74 Å². The summed E-state index contributed by atoms with van der Waals surface area (Å²) in [5, 5.41) is 0.383. The van der Waals surface area contributed by atoms with E-state index in [4.69, 9.17) is 4.74 Å². The van der Waals surface area contributed by atoms with Gasteiger partial charge >= 0.3 is 12.3 Å². The van der Waals surface area contributed by atoms with E-state index >= 15 is 0 Å². The summed E-state index contributed by atoms with van der Waals surface area (Å²) in [7, 11) is 0. The molecular weight excluding hydrogens is 445 g/mol. The van der Waals surface area contributed by atoms with Gasteiger partial charge in [-0.3, -0.25) is 14.3 Å². The van der Waals surface area contributed by atoms with Crippen LogP contribution in [-0.4, -0.2) is 32.1 Å². The number of hydrogen-bond acceptors (Lipinski definition) is 6. The van der Waals surface area contributed by atoms with Crippen LogP contribution in [0.2, 0.25) is 0 Å². The predicted molar refractivity (Wildman–Crippen MR) is 112 cm³/mol. The molecular formula is C21H21F3N4O3S. The molecule has 1 aromatic carbocycles. The number of carbonyl (C=O) groups excluding carboxylic acids is 1. The van der Waals surface area contributed by atoms with Gasteiger partial charge in [-0.2, -0.15) is 13.2 Å². The number of ether oxygens (including phenoxy) is 1. The average molecular weight is 466 g/mol. The van der Waals surface area contributed by atoms with Gasteiger partial charge in [-0.05, 0) is 32.3 Å². The van der Waals surface area contributed by atoms with Crippen LogP contribution in [0.25, 0.3) is 10.3 Å². The molecule has 1 aliphatic heterocycles. The van der Waals surface area contributed by atoms with Gasteiger partial charge in [-0.25, -0.2) is 14.8 Å². The smallest absolute Gasteiger partial charge is 0.445 e. The van der Waals surface area contributed by atoms with Crippen LogP contribution in [0.1, 0.15) is 55.2 Å². The Morgan fingerprint density at radius 1 is 1.25 bits per heavy atom. The quantitative estimate of drug-likeness (QED) is 0.545. The van der Waals surface area contributed by atoms with Crippen molar-refractivity contribution in [2.75, 3.05) is 6.54 Å². The molecule has 2 aromatic heterocycles. The molecule has 0 radical (unpaired) electrons. The Kier molecular flexibility index (Phi) is 5.93. The summed E-state index contributed by atoms with van der Waals surface area (Å²) in [6.45, 7) is 3.52. The lowest BCUT2D eigenvalue weighted by molar-refractivity contribution is -0.148. The molecule has 0 aliphatic carbocycles. The highest BCUT2D eigenvalue weighted by Crippen LogP contribution is 2.37. The van der Waals surface area contributed by atoms with Crippen LogP contribution in [0.4, 0.5) is 18.0 Å². The number of benzene rings is 1. The minimum Gasteiger partial charge on any atom is -0.445 e. The number of carbonyl (C=O) groups is 1. The van der Waals surface area contributed by atoms with Crippen LogP contribution >= 0.6 is 11.3 Å². The molecule has 1 aliphatic rings. The largest absolute Gasteiger partial charge is 0.449 e. The van der Waals surface area contributed by atoms with Gasteiger partial charge in [0.25, 0.3) is 5.56 Å².